The third kappa shape index (κ3) is 5.83. The summed E-state index contributed by atoms with van der Waals surface area (Å²) in [6.45, 7) is 1.59. The molecule has 5 rings (SSSR count). The van der Waals surface area contributed by atoms with E-state index in [-0.39, 0.29) is 16.3 Å². The van der Waals surface area contributed by atoms with Crippen LogP contribution in [0, 0.1) is 12.7 Å². The smallest absolute Gasteiger partial charge is 0.301 e. The van der Waals surface area contributed by atoms with Crippen molar-refractivity contribution in [1.29, 1.82) is 0 Å². The number of amides is 1. The van der Waals surface area contributed by atoms with Crippen molar-refractivity contribution in [3.63, 3.8) is 0 Å². The molecule has 1 fully saturated rings. The minimum Gasteiger partial charge on any atom is -0.507 e. The van der Waals surface area contributed by atoms with Crippen LogP contribution in [0.1, 0.15) is 28.3 Å². The largest absolute Gasteiger partial charge is 0.507 e. The molecule has 1 amide bonds. The van der Waals surface area contributed by atoms with Gasteiger partial charge in [-0.15, -0.1) is 10.2 Å². The highest BCUT2D eigenvalue weighted by molar-refractivity contribution is 8.00. The molecular formula is C29H23Cl2FN4O3S2. The zero-order valence-corrected chi connectivity index (χ0v) is 25.2. The van der Waals surface area contributed by atoms with Crippen LogP contribution in [0.25, 0.3) is 5.76 Å². The maximum absolute atomic E-state index is 14.4. The average Bonchev–Trinajstić information content (AvgIpc) is 3.51. The lowest BCUT2D eigenvalue weighted by Gasteiger charge is -2.23. The third-order valence-electron chi connectivity index (χ3n) is 6.58. The van der Waals surface area contributed by atoms with Gasteiger partial charge < -0.3 is 10.0 Å². The van der Waals surface area contributed by atoms with Crippen molar-refractivity contribution in [3.05, 3.63) is 104 Å². The fourth-order valence-electron chi connectivity index (χ4n) is 4.33. The molecule has 12 heteroatoms. The lowest BCUT2D eigenvalue weighted by Crippen LogP contribution is -2.29. The van der Waals surface area contributed by atoms with E-state index in [1.165, 1.54) is 28.8 Å². The molecule has 2 heterocycles. The summed E-state index contributed by atoms with van der Waals surface area (Å²) in [5.74, 6) is -2.29. The number of anilines is 2. The molecule has 0 unspecified atom stereocenters. The van der Waals surface area contributed by atoms with Gasteiger partial charge in [-0.2, -0.15) is 0 Å². The number of aryl methyl sites for hydroxylation is 1. The number of ketones is 1. The molecule has 4 aromatic rings. The quantitative estimate of drug-likeness (QED) is 0.0756. The number of nitrogens with zero attached hydrogens (tertiary/aromatic N) is 4. The van der Waals surface area contributed by atoms with Crippen LogP contribution in [0.15, 0.2) is 70.6 Å². The van der Waals surface area contributed by atoms with E-state index in [1.807, 2.05) is 37.2 Å². The van der Waals surface area contributed by atoms with Crippen molar-refractivity contribution >= 4 is 74.6 Å². The highest BCUT2D eigenvalue weighted by atomic mass is 35.5. The van der Waals surface area contributed by atoms with Gasteiger partial charge in [0.1, 0.15) is 11.6 Å². The van der Waals surface area contributed by atoms with Gasteiger partial charge in [-0.25, -0.2) is 4.39 Å². The van der Waals surface area contributed by atoms with Gasteiger partial charge in [-0.1, -0.05) is 76.6 Å². The first kappa shape index (κ1) is 29.1. The Morgan fingerprint density at radius 1 is 1.07 bits per heavy atom. The Morgan fingerprint density at radius 2 is 1.80 bits per heavy atom. The van der Waals surface area contributed by atoms with Crippen molar-refractivity contribution in [2.75, 3.05) is 23.9 Å². The average molecular weight is 630 g/mol. The van der Waals surface area contributed by atoms with Crippen LogP contribution in [-0.4, -0.2) is 41.1 Å². The van der Waals surface area contributed by atoms with Crippen molar-refractivity contribution in [1.82, 2.24) is 10.2 Å². The van der Waals surface area contributed by atoms with E-state index in [2.05, 4.69) is 10.2 Å². The number of aromatic nitrogens is 2. The highest BCUT2D eigenvalue weighted by Gasteiger charge is 2.48. The molecule has 210 valence electrons. The number of aliphatic hydroxyl groups excluding tert-OH is 1. The summed E-state index contributed by atoms with van der Waals surface area (Å²) in [5, 5.41) is 21.0. The van der Waals surface area contributed by atoms with Gasteiger partial charge in [-0.05, 0) is 53.9 Å². The SMILES string of the molecule is Cc1ccc(C(O)=C2C(=O)C(=O)N(c3nnc(SCc4ccc(Cl)cc4Cl)s3)[C@@H]2c2ccc(N(C)C)cc2)cc1F. The van der Waals surface area contributed by atoms with Crippen LogP contribution in [0.3, 0.4) is 0 Å². The second kappa shape index (κ2) is 11.8. The third-order valence-corrected chi connectivity index (χ3v) is 9.27. The van der Waals surface area contributed by atoms with E-state index in [1.54, 1.807) is 31.2 Å². The maximum atomic E-state index is 14.4. The van der Waals surface area contributed by atoms with Crippen LogP contribution < -0.4 is 9.80 Å². The molecule has 1 saturated heterocycles. The molecule has 7 nitrogen and oxygen atoms in total. The molecule has 0 saturated carbocycles. The second-order valence-electron chi connectivity index (χ2n) is 9.49. The summed E-state index contributed by atoms with van der Waals surface area (Å²) in [5.41, 5.74) is 2.65. The molecule has 1 N–H and O–H groups in total. The molecule has 0 spiro atoms. The summed E-state index contributed by atoms with van der Waals surface area (Å²) in [4.78, 5) is 30.0. The van der Waals surface area contributed by atoms with E-state index < -0.39 is 29.3 Å². The molecule has 3 aromatic carbocycles. The summed E-state index contributed by atoms with van der Waals surface area (Å²) >= 11 is 14.8. The van der Waals surface area contributed by atoms with E-state index in [0.717, 1.165) is 28.7 Å². The highest BCUT2D eigenvalue weighted by Crippen LogP contribution is 2.44. The number of benzene rings is 3. The number of carbonyl (C=O) groups is 2. The molecule has 0 aliphatic carbocycles. The Hall–Kier alpha value is -3.44. The van der Waals surface area contributed by atoms with Gasteiger partial charge in [0.2, 0.25) is 5.13 Å². The summed E-state index contributed by atoms with van der Waals surface area (Å²) in [7, 11) is 3.79. The Morgan fingerprint density at radius 3 is 2.46 bits per heavy atom. The van der Waals surface area contributed by atoms with Crippen LogP contribution in [0.2, 0.25) is 10.0 Å². The first-order chi connectivity index (χ1) is 19.5. The van der Waals surface area contributed by atoms with Gasteiger partial charge in [-0.3, -0.25) is 14.5 Å². The molecule has 0 bridgehead atoms. The van der Waals surface area contributed by atoms with Crippen LogP contribution in [0.4, 0.5) is 15.2 Å². The van der Waals surface area contributed by atoms with Gasteiger partial charge in [0.05, 0.1) is 11.6 Å². The van der Waals surface area contributed by atoms with Gasteiger partial charge in [0, 0.05) is 41.1 Å². The van der Waals surface area contributed by atoms with E-state index in [4.69, 9.17) is 23.2 Å². The molecule has 0 radical (unpaired) electrons. The molecule has 1 atom stereocenters. The monoisotopic (exact) mass is 628 g/mol. The van der Waals surface area contributed by atoms with Crippen molar-refractivity contribution < 1.29 is 19.1 Å². The zero-order chi connectivity index (χ0) is 29.4. The molecular weight excluding hydrogens is 606 g/mol. The van der Waals surface area contributed by atoms with E-state index in [0.29, 0.717) is 31.3 Å². The number of halogens is 3. The first-order valence-corrected chi connectivity index (χ1v) is 14.9. The predicted molar refractivity (Wildman–Crippen MR) is 163 cm³/mol. The summed E-state index contributed by atoms with van der Waals surface area (Å²) in [6, 6.07) is 15.6. The topological polar surface area (TPSA) is 86.6 Å². The Bertz CT molecular complexity index is 1690. The van der Waals surface area contributed by atoms with Crippen molar-refractivity contribution in [3.8, 4) is 0 Å². The van der Waals surface area contributed by atoms with Gasteiger partial charge >= 0.3 is 5.91 Å². The fraction of sp³-hybridized carbons (Fsp3) is 0.172. The standard InChI is InChI=1S/C29H23Cl2FN4O3S2/c1-15-4-5-17(12-22(15)32)25(37)23-24(16-7-10-20(11-8-16)35(2)3)36(27(39)26(23)38)28-33-34-29(41-28)40-14-18-6-9-19(30)13-21(18)31/h4-13,24,37H,14H2,1-3H3/t24-/m1/s1. The minimum absolute atomic E-state index is 0.0920. The Balaban J connectivity index is 1.55. The lowest BCUT2D eigenvalue weighted by atomic mass is 9.95. The number of Topliss-reactive ketones (excluding diaryl/α,β-unsaturated/α-hetero) is 1. The minimum atomic E-state index is -1.01. The summed E-state index contributed by atoms with van der Waals surface area (Å²) in [6.07, 6.45) is 0. The summed E-state index contributed by atoms with van der Waals surface area (Å²) < 4.78 is 14.9. The fourth-order valence-corrected chi connectivity index (χ4v) is 6.76. The Labute approximate surface area is 254 Å². The number of thioether (sulfide) groups is 1. The van der Waals surface area contributed by atoms with Gasteiger partial charge in [0.25, 0.3) is 5.78 Å². The number of rotatable bonds is 7. The number of aliphatic hydroxyl groups is 1. The van der Waals surface area contributed by atoms with E-state index in [9.17, 15) is 19.1 Å². The van der Waals surface area contributed by atoms with E-state index >= 15 is 0 Å². The second-order valence-corrected chi connectivity index (χ2v) is 12.5. The molecule has 1 aliphatic rings. The number of hydrogen-bond donors (Lipinski definition) is 1. The maximum Gasteiger partial charge on any atom is 0.301 e. The molecule has 41 heavy (non-hydrogen) atoms. The number of carbonyl (C=O) groups excluding carboxylic acids is 2. The lowest BCUT2D eigenvalue weighted by molar-refractivity contribution is -0.132. The van der Waals surface area contributed by atoms with Crippen molar-refractivity contribution in [2.24, 2.45) is 0 Å². The molecule has 1 aliphatic heterocycles. The Kier molecular flexibility index (Phi) is 8.37. The van der Waals surface area contributed by atoms with Crippen LogP contribution >= 0.6 is 46.3 Å². The van der Waals surface area contributed by atoms with Crippen LogP contribution in [-0.2, 0) is 15.3 Å². The normalized spacial score (nSPS) is 16.4. The zero-order valence-electron chi connectivity index (χ0n) is 22.1. The first-order valence-electron chi connectivity index (χ1n) is 12.3. The van der Waals surface area contributed by atoms with Gasteiger partial charge in [0.15, 0.2) is 4.34 Å². The van der Waals surface area contributed by atoms with Crippen molar-refractivity contribution in [2.45, 2.75) is 23.1 Å². The van der Waals surface area contributed by atoms with Crippen LogP contribution in [0.5, 0.6) is 0 Å². The predicted octanol–water partition coefficient (Wildman–Crippen LogP) is 7.28. The molecule has 1 aromatic heterocycles. The number of hydrogen-bond acceptors (Lipinski definition) is 8.